The maximum absolute atomic E-state index is 11.0. The zero-order chi connectivity index (χ0) is 9.42. The van der Waals surface area contributed by atoms with Crippen molar-refractivity contribution < 1.29 is 4.79 Å². The SMILES string of the molecule is Nc1cc(C(=O)Cl)c2nc[nH]c2c1. The summed E-state index contributed by atoms with van der Waals surface area (Å²) in [4.78, 5) is 17.8. The highest BCUT2D eigenvalue weighted by molar-refractivity contribution is 6.68. The molecule has 0 atom stereocenters. The molecule has 1 heterocycles. The maximum Gasteiger partial charge on any atom is 0.254 e. The van der Waals surface area contributed by atoms with Crippen LogP contribution in [0.5, 0.6) is 0 Å². The summed E-state index contributed by atoms with van der Waals surface area (Å²) in [5.74, 6) is 0. The van der Waals surface area contributed by atoms with Gasteiger partial charge in [-0.25, -0.2) is 4.98 Å². The number of H-pyrrole nitrogens is 1. The lowest BCUT2D eigenvalue weighted by molar-refractivity contribution is 0.108. The van der Waals surface area contributed by atoms with E-state index < -0.39 is 5.24 Å². The maximum atomic E-state index is 11.0. The number of aromatic amines is 1. The lowest BCUT2D eigenvalue weighted by atomic mass is 10.2. The van der Waals surface area contributed by atoms with Gasteiger partial charge in [-0.3, -0.25) is 4.79 Å². The second-order valence-corrected chi connectivity index (χ2v) is 2.98. The van der Waals surface area contributed by atoms with E-state index in [1.165, 1.54) is 12.4 Å². The molecule has 0 fully saturated rings. The zero-order valence-corrected chi connectivity index (χ0v) is 7.30. The molecular weight excluding hydrogens is 190 g/mol. The molecular formula is C8H6ClN3O. The Bertz CT molecular complexity index is 477. The smallest absolute Gasteiger partial charge is 0.254 e. The Morgan fingerprint density at radius 3 is 3.00 bits per heavy atom. The first-order chi connectivity index (χ1) is 6.18. The van der Waals surface area contributed by atoms with Crippen molar-refractivity contribution in [2.45, 2.75) is 0 Å². The molecule has 0 spiro atoms. The van der Waals surface area contributed by atoms with Crippen molar-refractivity contribution in [3.8, 4) is 0 Å². The zero-order valence-electron chi connectivity index (χ0n) is 6.54. The average molecular weight is 196 g/mol. The number of hydrogen-bond donors (Lipinski definition) is 2. The van der Waals surface area contributed by atoms with Crippen LogP contribution >= 0.6 is 11.6 Å². The van der Waals surface area contributed by atoms with Crippen LogP contribution in [0.3, 0.4) is 0 Å². The van der Waals surface area contributed by atoms with Gasteiger partial charge in [0.2, 0.25) is 0 Å². The number of hydrogen-bond acceptors (Lipinski definition) is 3. The molecule has 0 bridgehead atoms. The Morgan fingerprint density at radius 2 is 2.31 bits per heavy atom. The number of nitrogens with zero attached hydrogens (tertiary/aromatic N) is 1. The molecule has 66 valence electrons. The normalized spacial score (nSPS) is 10.5. The van der Waals surface area contributed by atoms with Crippen molar-refractivity contribution in [3.05, 3.63) is 24.0 Å². The number of nitrogens with two attached hydrogens (primary N) is 1. The summed E-state index contributed by atoms with van der Waals surface area (Å²) >= 11 is 5.36. The first-order valence-corrected chi connectivity index (χ1v) is 3.98. The largest absolute Gasteiger partial charge is 0.399 e. The van der Waals surface area contributed by atoms with Gasteiger partial charge in [0.15, 0.2) is 0 Å². The number of benzene rings is 1. The number of halogens is 1. The molecule has 0 saturated carbocycles. The molecule has 0 unspecified atom stereocenters. The molecule has 1 aromatic carbocycles. The summed E-state index contributed by atoms with van der Waals surface area (Å²) in [6.07, 6.45) is 1.49. The van der Waals surface area contributed by atoms with E-state index in [2.05, 4.69) is 9.97 Å². The fourth-order valence-corrected chi connectivity index (χ4v) is 1.37. The van der Waals surface area contributed by atoms with Gasteiger partial charge in [-0.2, -0.15) is 0 Å². The second-order valence-electron chi connectivity index (χ2n) is 2.64. The van der Waals surface area contributed by atoms with Gasteiger partial charge in [-0.05, 0) is 23.7 Å². The van der Waals surface area contributed by atoms with Crippen LogP contribution in [0.15, 0.2) is 18.5 Å². The number of fused-ring (bicyclic) bond motifs is 1. The van der Waals surface area contributed by atoms with Crippen molar-refractivity contribution >= 4 is 33.6 Å². The van der Waals surface area contributed by atoms with Crippen LogP contribution in [0.4, 0.5) is 5.69 Å². The van der Waals surface area contributed by atoms with E-state index in [0.717, 1.165) is 0 Å². The molecule has 3 N–H and O–H groups in total. The Labute approximate surface area is 78.7 Å². The van der Waals surface area contributed by atoms with Crippen LogP contribution in [0.2, 0.25) is 0 Å². The van der Waals surface area contributed by atoms with Gasteiger partial charge in [0.05, 0.1) is 17.4 Å². The monoisotopic (exact) mass is 195 g/mol. The standard InChI is InChI=1S/C8H6ClN3O/c9-8(13)5-1-4(10)2-6-7(5)12-3-11-6/h1-3H,10H2,(H,11,12). The first-order valence-electron chi connectivity index (χ1n) is 3.61. The number of imidazole rings is 1. The molecule has 2 aromatic rings. The van der Waals surface area contributed by atoms with Gasteiger partial charge in [-0.15, -0.1) is 0 Å². The minimum absolute atomic E-state index is 0.331. The van der Waals surface area contributed by atoms with Crippen LogP contribution < -0.4 is 5.73 Å². The number of carbonyl (C=O) groups excluding carboxylic acids is 1. The predicted molar refractivity (Wildman–Crippen MR) is 50.7 cm³/mol. The van der Waals surface area contributed by atoms with E-state index in [0.29, 0.717) is 22.3 Å². The molecule has 13 heavy (non-hydrogen) atoms. The Kier molecular flexibility index (Phi) is 1.70. The average Bonchev–Trinajstić information content (AvgIpc) is 2.49. The number of rotatable bonds is 1. The fourth-order valence-electron chi connectivity index (χ4n) is 1.22. The molecule has 0 amide bonds. The number of nitrogens with one attached hydrogen (secondary N) is 1. The summed E-state index contributed by atoms with van der Waals surface area (Å²) < 4.78 is 0. The summed E-state index contributed by atoms with van der Waals surface area (Å²) in [7, 11) is 0. The molecule has 2 rings (SSSR count). The van der Waals surface area contributed by atoms with E-state index >= 15 is 0 Å². The van der Waals surface area contributed by atoms with Crippen LogP contribution in [0.1, 0.15) is 10.4 Å². The molecule has 4 nitrogen and oxygen atoms in total. The summed E-state index contributed by atoms with van der Waals surface area (Å²) in [6, 6.07) is 3.21. The third-order valence-corrected chi connectivity index (χ3v) is 1.96. The number of carbonyl (C=O) groups is 1. The van der Waals surface area contributed by atoms with Crippen molar-refractivity contribution in [2.75, 3.05) is 5.73 Å². The van der Waals surface area contributed by atoms with Crippen LogP contribution in [0.25, 0.3) is 11.0 Å². The van der Waals surface area contributed by atoms with Gasteiger partial charge >= 0.3 is 0 Å². The topological polar surface area (TPSA) is 71.8 Å². The summed E-state index contributed by atoms with van der Waals surface area (Å²) in [5.41, 5.74) is 7.64. The Hall–Kier alpha value is -1.55. The van der Waals surface area contributed by atoms with E-state index in [-0.39, 0.29) is 0 Å². The highest BCUT2D eigenvalue weighted by Gasteiger charge is 2.10. The van der Waals surface area contributed by atoms with Crippen molar-refractivity contribution in [1.29, 1.82) is 0 Å². The van der Waals surface area contributed by atoms with Gasteiger partial charge in [0, 0.05) is 5.69 Å². The summed E-state index contributed by atoms with van der Waals surface area (Å²) in [5, 5.41) is -0.551. The van der Waals surface area contributed by atoms with Crippen LogP contribution in [-0.2, 0) is 0 Å². The molecule has 5 heteroatoms. The van der Waals surface area contributed by atoms with Gasteiger partial charge in [0.25, 0.3) is 5.24 Å². The van der Waals surface area contributed by atoms with Gasteiger partial charge in [-0.1, -0.05) is 0 Å². The predicted octanol–water partition coefficient (Wildman–Crippen LogP) is 1.52. The van der Waals surface area contributed by atoms with E-state index in [4.69, 9.17) is 17.3 Å². The minimum atomic E-state index is -0.551. The molecule has 0 aliphatic carbocycles. The third kappa shape index (κ3) is 1.25. The highest BCUT2D eigenvalue weighted by atomic mass is 35.5. The molecule has 0 radical (unpaired) electrons. The van der Waals surface area contributed by atoms with E-state index in [1.807, 2.05) is 0 Å². The quantitative estimate of drug-likeness (QED) is 0.535. The number of nitrogen functional groups attached to an aromatic ring is 1. The van der Waals surface area contributed by atoms with Crippen LogP contribution in [-0.4, -0.2) is 15.2 Å². The molecule has 0 aliphatic heterocycles. The Balaban J connectivity index is 2.84. The minimum Gasteiger partial charge on any atom is -0.399 e. The summed E-state index contributed by atoms with van der Waals surface area (Å²) in [6.45, 7) is 0. The lowest BCUT2D eigenvalue weighted by Crippen LogP contribution is -1.94. The Morgan fingerprint density at radius 1 is 1.54 bits per heavy atom. The van der Waals surface area contributed by atoms with E-state index in [1.54, 1.807) is 6.07 Å². The van der Waals surface area contributed by atoms with Crippen molar-refractivity contribution in [3.63, 3.8) is 0 Å². The van der Waals surface area contributed by atoms with Gasteiger partial charge in [0.1, 0.15) is 5.52 Å². The highest BCUT2D eigenvalue weighted by Crippen LogP contribution is 2.20. The molecule has 1 aromatic heterocycles. The first kappa shape index (κ1) is 8.07. The van der Waals surface area contributed by atoms with E-state index in [9.17, 15) is 4.79 Å². The van der Waals surface area contributed by atoms with Crippen molar-refractivity contribution in [1.82, 2.24) is 9.97 Å². The lowest BCUT2D eigenvalue weighted by Gasteiger charge is -1.97. The van der Waals surface area contributed by atoms with Crippen molar-refractivity contribution in [2.24, 2.45) is 0 Å². The second kappa shape index (κ2) is 2.74. The van der Waals surface area contributed by atoms with Crippen LogP contribution in [0, 0.1) is 0 Å². The van der Waals surface area contributed by atoms with Gasteiger partial charge < -0.3 is 10.7 Å². The fraction of sp³-hybridized carbons (Fsp3) is 0. The number of anilines is 1. The number of aromatic nitrogens is 2. The third-order valence-electron chi connectivity index (χ3n) is 1.76. The molecule has 0 saturated heterocycles. The molecule has 0 aliphatic rings.